The van der Waals surface area contributed by atoms with E-state index in [-0.39, 0.29) is 5.91 Å². The van der Waals surface area contributed by atoms with Gasteiger partial charge in [0.15, 0.2) is 0 Å². The second-order valence-corrected chi connectivity index (χ2v) is 4.15. The van der Waals surface area contributed by atoms with Crippen molar-refractivity contribution in [2.24, 2.45) is 0 Å². The summed E-state index contributed by atoms with van der Waals surface area (Å²) in [6.45, 7) is 0.484. The highest BCUT2D eigenvalue weighted by molar-refractivity contribution is 5.92. The summed E-state index contributed by atoms with van der Waals surface area (Å²) in [7, 11) is 1.61. The van der Waals surface area contributed by atoms with E-state index in [4.69, 9.17) is 4.74 Å². The van der Waals surface area contributed by atoms with Gasteiger partial charge in [0.25, 0.3) is 0 Å². The van der Waals surface area contributed by atoms with Crippen molar-refractivity contribution in [2.45, 2.75) is 6.54 Å². The lowest BCUT2D eigenvalue weighted by Gasteiger charge is -2.04. The summed E-state index contributed by atoms with van der Waals surface area (Å²) >= 11 is 0. The number of hydrogen-bond acceptors (Lipinski definition) is 3. The number of ether oxygens (including phenoxy) is 1. The van der Waals surface area contributed by atoms with Crippen molar-refractivity contribution in [3.63, 3.8) is 0 Å². The molecule has 0 saturated heterocycles. The molecule has 1 amide bonds. The van der Waals surface area contributed by atoms with Crippen LogP contribution >= 0.6 is 0 Å². The summed E-state index contributed by atoms with van der Waals surface area (Å²) in [5.41, 5.74) is 1.88. The number of pyridine rings is 1. The van der Waals surface area contributed by atoms with Crippen molar-refractivity contribution in [2.75, 3.05) is 7.11 Å². The average Bonchev–Trinajstić information content (AvgIpc) is 2.52. The first-order chi connectivity index (χ1) is 9.79. The number of benzene rings is 1. The molecule has 1 N–H and O–H groups in total. The van der Waals surface area contributed by atoms with Gasteiger partial charge in [0.1, 0.15) is 5.75 Å². The average molecular weight is 268 g/mol. The third-order valence-corrected chi connectivity index (χ3v) is 2.77. The zero-order valence-electron chi connectivity index (χ0n) is 11.2. The number of hydrogen-bond donors (Lipinski definition) is 1. The topological polar surface area (TPSA) is 51.2 Å². The van der Waals surface area contributed by atoms with E-state index in [0.717, 1.165) is 16.9 Å². The number of methoxy groups -OCH3 is 1. The second kappa shape index (κ2) is 7.09. The number of carbonyl (C=O) groups is 1. The molecule has 0 aliphatic carbocycles. The molecule has 102 valence electrons. The Kier molecular flexibility index (Phi) is 4.89. The number of nitrogens with zero attached hydrogens (tertiary/aromatic N) is 1. The lowest BCUT2D eigenvalue weighted by atomic mass is 10.2. The Hall–Kier alpha value is -2.62. The molecular weight excluding hydrogens is 252 g/mol. The molecule has 2 rings (SSSR count). The Morgan fingerprint density at radius 1 is 1.25 bits per heavy atom. The Bertz CT molecular complexity index is 594. The molecule has 0 fully saturated rings. The lowest BCUT2D eigenvalue weighted by Crippen LogP contribution is -2.20. The van der Waals surface area contributed by atoms with Crippen LogP contribution in [0.25, 0.3) is 6.08 Å². The fourth-order valence-corrected chi connectivity index (χ4v) is 1.72. The Morgan fingerprint density at radius 3 is 2.75 bits per heavy atom. The number of carbonyl (C=O) groups excluding carboxylic acids is 1. The Morgan fingerprint density at radius 2 is 2.00 bits per heavy atom. The number of amides is 1. The fraction of sp³-hybridized carbons (Fsp3) is 0.125. The van der Waals surface area contributed by atoms with Gasteiger partial charge in [-0.1, -0.05) is 18.2 Å². The van der Waals surface area contributed by atoms with Crippen molar-refractivity contribution in [1.82, 2.24) is 10.3 Å². The number of rotatable bonds is 5. The molecule has 20 heavy (non-hydrogen) atoms. The molecule has 4 nitrogen and oxygen atoms in total. The maximum atomic E-state index is 11.7. The molecule has 0 aliphatic rings. The van der Waals surface area contributed by atoms with Crippen LogP contribution in [0, 0.1) is 0 Å². The van der Waals surface area contributed by atoms with Crippen LogP contribution in [0.4, 0.5) is 0 Å². The molecule has 4 heteroatoms. The first-order valence-electron chi connectivity index (χ1n) is 6.27. The minimum atomic E-state index is -0.146. The van der Waals surface area contributed by atoms with E-state index in [1.54, 1.807) is 25.6 Å². The Labute approximate surface area is 118 Å². The molecule has 1 aromatic carbocycles. The van der Waals surface area contributed by atoms with E-state index in [0.29, 0.717) is 6.54 Å². The van der Waals surface area contributed by atoms with E-state index in [1.807, 2.05) is 36.4 Å². The van der Waals surface area contributed by atoms with Gasteiger partial charge in [-0.25, -0.2) is 0 Å². The largest absolute Gasteiger partial charge is 0.496 e. The summed E-state index contributed by atoms with van der Waals surface area (Å²) in [6, 6.07) is 11.3. The maximum Gasteiger partial charge on any atom is 0.244 e. The van der Waals surface area contributed by atoms with Crippen LogP contribution in [0.2, 0.25) is 0 Å². The van der Waals surface area contributed by atoms with E-state index >= 15 is 0 Å². The van der Waals surface area contributed by atoms with Crippen molar-refractivity contribution in [3.05, 3.63) is 66.0 Å². The summed E-state index contributed by atoms with van der Waals surface area (Å²) in [6.07, 6.45) is 6.64. The molecule has 0 radical (unpaired) electrons. The first-order valence-corrected chi connectivity index (χ1v) is 6.27. The van der Waals surface area contributed by atoms with Crippen LogP contribution in [-0.2, 0) is 11.3 Å². The van der Waals surface area contributed by atoms with Crippen LogP contribution in [0.5, 0.6) is 5.75 Å². The number of para-hydroxylation sites is 1. The summed E-state index contributed by atoms with van der Waals surface area (Å²) < 4.78 is 5.22. The maximum absolute atomic E-state index is 11.7. The zero-order chi connectivity index (χ0) is 14.2. The van der Waals surface area contributed by atoms with E-state index in [2.05, 4.69) is 10.3 Å². The SMILES string of the molecule is COc1ccccc1/C=C/C(=O)NCc1ccncc1. The van der Waals surface area contributed by atoms with Gasteiger partial charge in [-0.2, -0.15) is 0 Å². The van der Waals surface area contributed by atoms with Crippen LogP contribution in [-0.4, -0.2) is 18.0 Å². The molecule has 1 heterocycles. The highest BCUT2D eigenvalue weighted by Gasteiger charge is 1.99. The standard InChI is InChI=1S/C16H16N2O2/c1-20-15-5-3-2-4-14(15)6-7-16(19)18-12-13-8-10-17-11-9-13/h2-11H,12H2,1H3,(H,18,19)/b7-6+. The highest BCUT2D eigenvalue weighted by atomic mass is 16.5. The van der Waals surface area contributed by atoms with Gasteiger partial charge in [0.2, 0.25) is 5.91 Å². The second-order valence-electron chi connectivity index (χ2n) is 4.15. The molecule has 0 unspecified atom stereocenters. The molecule has 0 aliphatic heterocycles. The van der Waals surface area contributed by atoms with Crippen molar-refractivity contribution in [1.29, 1.82) is 0 Å². The van der Waals surface area contributed by atoms with Crippen molar-refractivity contribution >= 4 is 12.0 Å². The van der Waals surface area contributed by atoms with Crippen LogP contribution < -0.4 is 10.1 Å². The summed E-state index contributed by atoms with van der Waals surface area (Å²) in [5, 5.41) is 2.81. The van der Waals surface area contributed by atoms with Crippen LogP contribution in [0.3, 0.4) is 0 Å². The van der Waals surface area contributed by atoms with E-state index < -0.39 is 0 Å². The summed E-state index contributed by atoms with van der Waals surface area (Å²) in [4.78, 5) is 15.7. The minimum Gasteiger partial charge on any atom is -0.496 e. The normalized spacial score (nSPS) is 10.4. The van der Waals surface area contributed by atoms with Gasteiger partial charge in [0.05, 0.1) is 7.11 Å². The highest BCUT2D eigenvalue weighted by Crippen LogP contribution is 2.18. The number of aromatic nitrogens is 1. The van der Waals surface area contributed by atoms with Crippen LogP contribution in [0.15, 0.2) is 54.9 Å². The van der Waals surface area contributed by atoms with Gasteiger partial charge in [-0.15, -0.1) is 0 Å². The Balaban J connectivity index is 1.92. The predicted molar refractivity (Wildman–Crippen MR) is 78.1 cm³/mol. The molecule has 0 spiro atoms. The van der Waals surface area contributed by atoms with Crippen molar-refractivity contribution in [3.8, 4) is 5.75 Å². The third-order valence-electron chi connectivity index (χ3n) is 2.77. The molecule has 0 atom stereocenters. The van der Waals surface area contributed by atoms with E-state index in [1.165, 1.54) is 6.08 Å². The first kappa shape index (κ1) is 13.8. The smallest absolute Gasteiger partial charge is 0.244 e. The third kappa shape index (κ3) is 3.95. The molecular formula is C16H16N2O2. The van der Waals surface area contributed by atoms with Crippen molar-refractivity contribution < 1.29 is 9.53 Å². The molecule has 1 aromatic heterocycles. The lowest BCUT2D eigenvalue weighted by molar-refractivity contribution is -0.116. The van der Waals surface area contributed by atoms with E-state index in [9.17, 15) is 4.79 Å². The monoisotopic (exact) mass is 268 g/mol. The zero-order valence-corrected chi connectivity index (χ0v) is 11.2. The van der Waals surface area contributed by atoms with Gasteiger partial charge in [0, 0.05) is 30.6 Å². The minimum absolute atomic E-state index is 0.146. The van der Waals surface area contributed by atoms with Crippen LogP contribution in [0.1, 0.15) is 11.1 Å². The summed E-state index contributed by atoms with van der Waals surface area (Å²) in [5.74, 6) is 0.596. The predicted octanol–water partition coefficient (Wildman–Crippen LogP) is 2.42. The van der Waals surface area contributed by atoms with Gasteiger partial charge < -0.3 is 10.1 Å². The van der Waals surface area contributed by atoms with Gasteiger partial charge in [-0.05, 0) is 29.8 Å². The quantitative estimate of drug-likeness (QED) is 0.847. The fourth-order valence-electron chi connectivity index (χ4n) is 1.72. The molecule has 2 aromatic rings. The van der Waals surface area contributed by atoms with Gasteiger partial charge in [-0.3, -0.25) is 9.78 Å². The molecule has 0 saturated carbocycles. The van der Waals surface area contributed by atoms with Gasteiger partial charge >= 0.3 is 0 Å². The number of nitrogens with one attached hydrogen (secondary N) is 1. The molecule has 0 bridgehead atoms.